The van der Waals surface area contributed by atoms with E-state index in [0.29, 0.717) is 13.1 Å². The molecule has 0 aliphatic carbocycles. The molecule has 0 radical (unpaired) electrons. The number of aliphatic hydroxyl groups is 1. The van der Waals surface area contributed by atoms with Crippen molar-refractivity contribution in [3.8, 4) is 0 Å². The van der Waals surface area contributed by atoms with Gasteiger partial charge in [0.1, 0.15) is 5.69 Å². The fourth-order valence-corrected chi connectivity index (χ4v) is 3.82. The van der Waals surface area contributed by atoms with Crippen molar-refractivity contribution in [3.63, 3.8) is 0 Å². The van der Waals surface area contributed by atoms with Gasteiger partial charge in [-0.25, -0.2) is 9.97 Å². The van der Waals surface area contributed by atoms with Crippen LogP contribution in [0.25, 0.3) is 0 Å². The van der Waals surface area contributed by atoms with Crippen LogP contribution in [0.1, 0.15) is 31.4 Å². The van der Waals surface area contributed by atoms with E-state index in [0.717, 1.165) is 31.9 Å². The third kappa shape index (κ3) is 4.61. The smallest absolute Gasteiger partial charge is 0.396 e. The molecule has 5 nitrogen and oxygen atoms in total. The van der Waals surface area contributed by atoms with Crippen molar-refractivity contribution in [2.45, 2.75) is 31.9 Å². The van der Waals surface area contributed by atoms with Crippen LogP contribution in [-0.4, -0.2) is 59.3 Å². The summed E-state index contributed by atoms with van der Waals surface area (Å²) in [5.74, 6) is 0.370. The van der Waals surface area contributed by atoms with Gasteiger partial charge in [-0.05, 0) is 37.9 Å². The second-order valence-electron chi connectivity index (χ2n) is 7.06. The third-order valence-corrected chi connectivity index (χ3v) is 5.22. The summed E-state index contributed by atoms with van der Waals surface area (Å²) in [7, 11) is 0. The first-order chi connectivity index (χ1) is 12.0. The highest BCUT2D eigenvalue weighted by molar-refractivity contribution is 5.33. The molecular formula is C17H25F3N4O. The van der Waals surface area contributed by atoms with Crippen LogP contribution >= 0.6 is 0 Å². The Morgan fingerprint density at radius 2 is 1.76 bits per heavy atom. The molecule has 2 aliphatic heterocycles. The standard InChI is InChI=1S/C17H25F3N4O/c18-17(19,20)15-5-6-21-16(22-15)24-10-13(14(11-24)12-25)9-23-7-3-1-2-4-8-23/h5-6,13-14,25H,1-4,7-12H2/t13-,14-/m1/s1. The minimum absolute atomic E-state index is 0.0357. The lowest BCUT2D eigenvalue weighted by Gasteiger charge is -2.26. The Hall–Kier alpha value is -1.41. The van der Waals surface area contributed by atoms with Crippen molar-refractivity contribution >= 4 is 5.95 Å². The van der Waals surface area contributed by atoms with E-state index >= 15 is 0 Å². The molecule has 2 saturated heterocycles. The first kappa shape index (κ1) is 18.4. The summed E-state index contributed by atoms with van der Waals surface area (Å²) in [4.78, 5) is 11.9. The topological polar surface area (TPSA) is 52.5 Å². The summed E-state index contributed by atoms with van der Waals surface area (Å²) in [6.45, 7) is 4.12. The number of nitrogens with zero attached hydrogens (tertiary/aromatic N) is 4. The fraction of sp³-hybridized carbons (Fsp3) is 0.765. The largest absolute Gasteiger partial charge is 0.433 e. The summed E-state index contributed by atoms with van der Waals surface area (Å²) in [5.41, 5.74) is -0.922. The Morgan fingerprint density at radius 3 is 2.40 bits per heavy atom. The molecule has 8 heteroatoms. The lowest BCUT2D eigenvalue weighted by Crippen LogP contribution is -2.34. The first-order valence-corrected chi connectivity index (χ1v) is 8.96. The quantitative estimate of drug-likeness (QED) is 0.896. The van der Waals surface area contributed by atoms with Gasteiger partial charge in [-0.1, -0.05) is 12.8 Å². The van der Waals surface area contributed by atoms with Crippen molar-refractivity contribution in [2.75, 3.05) is 44.2 Å². The number of anilines is 1. The number of hydrogen-bond acceptors (Lipinski definition) is 5. The van der Waals surface area contributed by atoms with Crippen molar-refractivity contribution in [1.82, 2.24) is 14.9 Å². The fourth-order valence-electron chi connectivity index (χ4n) is 3.82. The average Bonchev–Trinajstić information content (AvgIpc) is 2.81. The van der Waals surface area contributed by atoms with Crippen LogP contribution in [-0.2, 0) is 6.18 Å². The summed E-state index contributed by atoms with van der Waals surface area (Å²) in [5, 5.41) is 9.70. The molecule has 0 unspecified atom stereocenters. The lowest BCUT2D eigenvalue weighted by atomic mass is 9.96. The molecule has 2 atom stereocenters. The maximum Gasteiger partial charge on any atom is 0.433 e. The van der Waals surface area contributed by atoms with Crippen LogP contribution in [0, 0.1) is 11.8 Å². The molecule has 1 aromatic rings. The molecule has 1 N–H and O–H groups in total. The van der Waals surface area contributed by atoms with Gasteiger partial charge in [0.05, 0.1) is 0 Å². The zero-order valence-corrected chi connectivity index (χ0v) is 14.3. The predicted octanol–water partition coefficient (Wildman–Crippen LogP) is 2.42. The van der Waals surface area contributed by atoms with Gasteiger partial charge >= 0.3 is 6.18 Å². The van der Waals surface area contributed by atoms with Gasteiger partial charge in [0.15, 0.2) is 0 Å². The summed E-state index contributed by atoms with van der Waals surface area (Å²) in [6.07, 6.45) is 1.58. The molecule has 0 saturated carbocycles. The second-order valence-corrected chi connectivity index (χ2v) is 7.06. The van der Waals surface area contributed by atoms with Crippen molar-refractivity contribution in [2.24, 2.45) is 11.8 Å². The number of alkyl halides is 3. The Bertz CT molecular complexity index is 561. The molecular weight excluding hydrogens is 333 g/mol. The number of likely N-dealkylation sites (tertiary alicyclic amines) is 1. The normalized spacial score (nSPS) is 26.0. The Kier molecular flexibility index (Phi) is 5.78. The van der Waals surface area contributed by atoms with Crippen molar-refractivity contribution in [3.05, 3.63) is 18.0 Å². The summed E-state index contributed by atoms with van der Waals surface area (Å²) < 4.78 is 38.6. The van der Waals surface area contributed by atoms with Gasteiger partial charge < -0.3 is 14.9 Å². The van der Waals surface area contributed by atoms with Crippen molar-refractivity contribution < 1.29 is 18.3 Å². The van der Waals surface area contributed by atoms with Gasteiger partial charge in [-0.3, -0.25) is 0 Å². The van der Waals surface area contributed by atoms with E-state index < -0.39 is 11.9 Å². The minimum Gasteiger partial charge on any atom is -0.396 e. The minimum atomic E-state index is -4.47. The van der Waals surface area contributed by atoms with Crippen LogP contribution in [0.2, 0.25) is 0 Å². The molecule has 0 bridgehead atoms. The molecule has 1 aromatic heterocycles. The highest BCUT2D eigenvalue weighted by Crippen LogP contribution is 2.31. The van der Waals surface area contributed by atoms with E-state index in [1.807, 2.05) is 0 Å². The summed E-state index contributed by atoms with van der Waals surface area (Å²) >= 11 is 0. The zero-order chi connectivity index (χ0) is 17.9. The molecule has 0 amide bonds. The molecule has 2 fully saturated rings. The van der Waals surface area contributed by atoms with Crippen LogP contribution in [0.5, 0.6) is 0 Å². The van der Waals surface area contributed by atoms with Gasteiger partial charge in [0.25, 0.3) is 0 Å². The average molecular weight is 358 g/mol. The molecule has 3 rings (SSSR count). The van der Waals surface area contributed by atoms with Crippen LogP contribution in [0.15, 0.2) is 12.3 Å². The van der Waals surface area contributed by atoms with Crippen LogP contribution in [0.3, 0.4) is 0 Å². The highest BCUT2D eigenvalue weighted by atomic mass is 19.4. The first-order valence-electron chi connectivity index (χ1n) is 8.96. The van der Waals surface area contributed by atoms with Gasteiger partial charge in [-0.15, -0.1) is 0 Å². The molecule has 140 valence electrons. The van der Waals surface area contributed by atoms with Crippen molar-refractivity contribution in [1.29, 1.82) is 0 Å². The monoisotopic (exact) mass is 358 g/mol. The molecule has 3 heterocycles. The Labute approximate surface area is 145 Å². The van der Waals surface area contributed by atoms with Crippen LogP contribution < -0.4 is 4.90 Å². The lowest BCUT2D eigenvalue weighted by molar-refractivity contribution is -0.141. The number of aromatic nitrogens is 2. The molecule has 0 spiro atoms. The Balaban J connectivity index is 1.68. The van der Waals surface area contributed by atoms with E-state index in [1.54, 1.807) is 4.90 Å². The SMILES string of the molecule is OC[C@H]1CN(c2nccc(C(F)(F)F)n2)C[C@H]1CN1CCCCCC1. The van der Waals surface area contributed by atoms with E-state index in [-0.39, 0.29) is 24.4 Å². The van der Waals surface area contributed by atoms with E-state index in [1.165, 1.54) is 25.7 Å². The number of halogens is 3. The highest BCUT2D eigenvalue weighted by Gasteiger charge is 2.37. The maximum atomic E-state index is 12.9. The van der Waals surface area contributed by atoms with E-state index in [2.05, 4.69) is 14.9 Å². The van der Waals surface area contributed by atoms with Gasteiger partial charge in [0, 0.05) is 38.4 Å². The van der Waals surface area contributed by atoms with E-state index in [9.17, 15) is 18.3 Å². The van der Waals surface area contributed by atoms with Gasteiger partial charge in [-0.2, -0.15) is 13.2 Å². The maximum absolute atomic E-state index is 12.9. The number of hydrogen-bond donors (Lipinski definition) is 1. The predicted molar refractivity (Wildman–Crippen MR) is 88.2 cm³/mol. The zero-order valence-electron chi connectivity index (χ0n) is 14.3. The third-order valence-electron chi connectivity index (χ3n) is 5.22. The molecule has 2 aliphatic rings. The van der Waals surface area contributed by atoms with E-state index in [4.69, 9.17) is 0 Å². The van der Waals surface area contributed by atoms with Crippen LogP contribution in [0.4, 0.5) is 19.1 Å². The second kappa shape index (κ2) is 7.86. The number of rotatable bonds is 4. The van der Waals surface area contributed by atoms with Gasteiger partial charge in [0.2, 0.25) is 5.95 Å². The molecule has 25 heavy (non-hydrogen) atoms. The summed E-state index contributed by atoms with van der Waals surface area (Å²) in [6, 6.07) is 0.887. The number of aliphatic hydroxyl groups excluding tert-OH is 1. The Morgan fingerprint density at radius 1 is 1.08 bits per heavy atom. The molecule has 0 aromatic carbocycles.